The van der Waals surface area contributed by atoms with Crippen LogP contribution in [0, 0.1) is 0 Å². The maximum atomic E-state index is 11.9. The number of nitrogens with one attached hydrogen (secondary N) is 1. The first-order valence-corrected chi connectivity index (χ1v) is 7.04. The van der Waals surface area contributed by atoms with E-state index in [9.17, 15) is 4.79 Å². The Hall–Kier alpha value is -0.780. The van der Waals surface area contributed by atoms with Crippen LogP contribution in [-0.2, 0) is 0 Å². The highest BCUT2D eigenvalue weighted by atomic mass is 35.5. The van der Waals surface area contributed by atoms with Crippen molar-refractivity contribution >= 4 is 46.6 Å². The maximum Gasteiger partial charge on any atom is 0.257 e. The second-order valence-corrected chi connectivity index (χ2v) is 5.47. The molecular weight excluding hydrogens is 276 g/mol. The van der Waals surface area contributed by atoms with Crippen LogP contribution >= 0.6 is 35.6 Å². The number of hydrogen-bond donors (Lipinski definition) is 1. The summed E-state index contributed by atoms with van der Waals surface area (Å²) in [6, 6.07) is 6.81. The summed E-state index contributed by atoms with van der Waals surface area (Å²) in [7, 11) is 0. The van der Waals surface area contributed by atoms with Crippen molar-refractivity contribution in [2.75, 3.05) is 18.2 Å². The fraction of sp³-hybridized carbons (Fsp3) is 0.273. The Kier molecular flexibility index (Phi) is 4.25. The molecule has 0 spiro atoms. The first kappa shape index (κ1) is 12.7. The van der Waals surface area contributed by atoms with Crippen molar-refractivity contribution in [3.63, 3.8) is 0 Å². The van der Waals surface area contributed by atoms with E-state index in [4.69, 9.17) is 23.8 Å². The lowest BCUT2D eigenvalue weighted by Gasteiger charge is -2.17. The molecule has 0 unspecified atom stereocenters. The normalized spacial score (nSPS) is 14.8. The summed E-state index contributed by atoms with van der Waals surface area (Å²) in [4.78, 5) is 13.8. The third kappa shape index (κ3) is 3.34. The summed E-state index contributed by atoms with van der Waals surface area (Å²) in [5.74, 6) is 1.68. The molecule has 17 heavy (non-hydrogen) atoms. The molecule has 1 saturated heterocycles. The minimum absolute atomic E-state index is 0.214. The number of thioether (sulfide) groups is 1. The van der Waals surface area contributed by atoms with Crippen molar-refractivity contribution in [1.29, 1.82) is 0 Å². The van der Waals surface area contributed by atoms with Crippen molar-refractivity contribution in [2.45, 2.75) is 0 Å². The highest BCUT2D eigenvalue weighted by Crippen LogP contribution is 2.14. The van der Waals surface area contributed by atoms with Crippen molar-refractivity contribution < 1.29 is 4.79 Å². The van der Waals surface area contributed by atoms with Crippen LogP contribution in [0.25, 0.3) is 0 Å². The molecule has 1 aromatic rings. The van der Waals surface area contributed by atoms with Gasteiger partial charge in [0.15, 0.2) is 5.11 Å². The van der Waals surface area contributed by atoms with Crippen molar-refractivity contribution in [2.24, 2.45) is 0 Å². The number of benzene rings is 1. The van der Waals surface area contributed by atoms with Crippen LogP contribution in [0.2, 0.25) is 5.02 Å². The van der Waals surface area contributed by atoms with E-state index in [1.54, 1.807) is 36.0 Å². The third-order valence-electron chi connectivity index (χ3n) is 2.35. The summed E-state index contributed by atoms with van der Waals surface area (Å²) < 4.78 is 0. The lowest BCUT2D eigenvalue weighted by molar-refractivity contribution is 0.0974. The van der Waals surface area contributed by atoms with E-state index in [1.807, 2.05) is 4.90 Å². The molecule has 0 saturated carbocycles. The van der Waals surface area contributed by atoms with E-state index in [2.05, 4.69) is 5.32 Å². The van der Waals surface area contributed by atoms with Crippen LogP contribution in [0.1, 0.15) is 10.4 Å². The molecule has 1 aromatic carbocycles. The maximum absolute atomic E-state index is 11.9. The van der Waals surface area contributed by atoms with Crippen LogP contribution < -0.4 is 5.32 Å². The zero-order valence-electron chi connectivity index (χ0n) is 8.98. The van der Waals surface area contributed by atoms with E-state index in [1.165, 1.54) is 0 Å². The molecule has 1 aliphatic rings. The standard InChI is InChI=1S/C11H11ClN2OS2/c12-9-3-1-2-8(6-9)10(15)13-11(16)14-4-5-17-7-14/h1-3,6H,4-5,7H2,(H,13,15,16). The molecule has 1 amide bonds. The summed E-state index contributed by atoms with van der Waals surface area (Å²) >= 11 is 12.8. The van der Waals surface area contributed by atoms with Crippen LogP contribution in [0.15, 0.2) is 24.3 Å². The van der Waals surface area contributed by atoms with Gasteiger partial charge in [-0.2, -0.15) is 0 Å². The predicted molar refractivity (Wildman–Crippen MR) is 75.5 cm³/mol. The van der Waals surface area contributed by atoms with E-state index >= 15 is 0 Å². The Morgan fingerprint density at radius 3 is 3.00 bits per heavy atom. The number of rotatable bonds is 1. The van der Waals surface area contributed by atoms with E-state index in [0.29, 0.717) is 15.7 Å². The molecule has 6 heteroatoms. The van der Waals surface area contributed by atoms with Gasteiger partial charge in [-0.25, -0.2) is 0 Å². The Bertz CT molecular complexity index is 447. The monoisotopic (exact) mass is 286 g/mol. The molecule has 1 N–H and O–H groups in total. The van der Waals surface area contributed by atoms with Crippen LogP contribution in [0.3, 0.4) is 0 Å². The minimum atomic E-state index is -0.214. The lowest BCUT2D eigenvalue weighted by atomic mass is 10.2. The summed E-state index contributed by atoms with van der Waals surface area (Å²) in [5.41, 5.74) is 0.520. The Morgan fingerprint density at radius 2 is 2.35 bits per heavy atom. The average molecular weight is 287 g/mol. The SMILES string of the molecule is O=C(NC(=S)N1CCSC1)c1cccc(Cl)c1. The highest BCUT2D eigenvalue weighted by molar-refractivity contribution is 7.99. The summed E-state index contributed by atoms with van der Waals surface area (Å²) in [6.45, 7) is 0.888. The van der Waals surface area contributed by atoms with E-state index in [-0.39, 0.29) is 5.91 Å². The first-order chi connectivity index (χ1) is 8.16. The third-order valence-corrected chi connectivity index (χ3v) is 3.91. The van der Waals surface area contributed by atoms with Crippen LogP contribution in [0.4, 0.5) is 0 Å². The summed E-state index contributed by atoms with van der Waals surface area (Å²) in [6.07, 6.45) is 0. The van der Waals surface area contributed by atoms with Gasteiger partial charge < -0.3 is 4.90 Å². The van der Waals surface area contributed by atoms with Crippen LogP contribution in [0.5, 0.6) is 0 Å². The summed E-state index contributed by atoms with van der Waals surface area (Å²) in [5, 5.41) is 3.74. The molecule has 1 fully saturated rings. The fourth-order valence-corrected chi connectivity index (χ4v) is 2.93. The molecule has 0 aliphatic carbocycles. The Balaban J connectivity index is 1.99. The van der Waals surface area contributed by atoms with Gasteiger partial charge in [0, 0.05) is 22.9 Å². The fourth-order valence-electron chi connectivity index (χ4n) is 1.45. The number of thiocarbonyl (C=S) groups is 1. The van der Waals surface area contributed by atoms with Gasteiger partial charge in [0.1, 0.15) is 0 Å². The van der Waals surface area contributed by atoms with Crippen molar-refractivity contribution in [1.82, 2.24) is 10.2 Å². The highest BCUT2D eigenvalue weighted by Gasteiger charge is 2.17. The number of nitrogens with zero attached hydrogens (tertiary/aromatic N) is 1. The zero-order chi connectivity index (χ0) is 12.3. The molecule has 1 heterocycles. The molecule has 0 bridgehead atoms. The van der Waals surface area contributed by atoms with E-state index in [0.717, 1.165) is 18.2 Å². The average Bonchev–Trinajstić information content (AvgIpc) is 2.82. The predicted octanol–water partition coefficient (Wildman–Crippen LogP) is 2.36. The first-order valence-electron chi connectivity index (χ1n) is 5.10. The van der Waals surface area contributed by atoms with E-state index < -0.39 is 0 Å². The van der Waals surface area contributed by atoms with Gasteiger partial charge in [-0.1, -0.05) is 17.7 Å². The van der Waals surface area contributed by atoms with Gasteiger partial charge in [-0.3, -0.25) is 10.1 Å². The molecule has 1 aliphatic heterocycles. The topological polar surface area (TPSA) is 32.3 Å². The molecule has 0 atom stereocenters. The Morgan fingerprint density at radius 1 is 1.53 bits per heavy atom. The molecular formula is C11H11ClN2OS2. The van der Waals surface area contributed by atoms with Gasteiger partial charge in [0.05, 0.1) is 5.88 Å². The van der Waals surface area contributed by atoms with Crippen molar-refractivity contribution in [3.05, 3.63) is 34.9 Å². The smallest absolute Gasteiger partial charge is 0.257 e. The number of halogens is 1. The quantitative estimate of drug-likeness (QED) is 0.804. The second kappa shape index (κ2) is 5.71. The van der Waals surface area contributed by atoms with Gasteiger partial charge in [-0.15, -0.1) is 11.8 Å². The zero-order valence-corrected chi connectivity index (χ0v) is 11.4. The molecule has 0 aromatic heterocycles. The minimum Gasteiger partial charge on any atom is -0.339 e. The number of carbonyl (C=O) groups excluding carboxylic acids is 1. The van der Waals surface area contributed by atoms with Gasteiger partial charge in [0.25, 0.3) is 5.91 Å². The molecule has 3 nitrogen and oxygen atoms in total. The second-order valence-electron chi connectivity index (χ2n) is 3.57. The number of carbonyl (C=O) groups is 1. The number of hydrogen-bond acceptors (Lipinski definition) is 3. The Labute approximate surface area is 115 Å². The molecule has 90 valence electrons. The van der Waals surface area contributed by atoms with Gasteiger partial charge >= 0.3 is 0 Å². The van der Waals surface area contributed by atoms with Crippen LogP contribution in [-0.4, -0.2) is 34.1 Å². The van der Waals surface area contributed by atoms with Gasteiger partial charge in [0.2, 0.25) is 0 Å². The van der Waals surface area contributed by atoms with Gasteiger partial charge in [-0.05, 0) is 30.4 Å². The molecule has 0 radical (unpaired) electrons. The number of amides is 1. The molecule has 2 rings (SSSR count). The largest absolute Gasteiger partial charge is 0.339 e. The van der Waals surface area contributed by atoms with Crippen molar-refractivity contribution in [3.8, 4) is 0 Å². The lowest BCUT2D eigenvalue weighted by Crippen LogP contribution is -2.41.